The highest BCUT2D eigenvalue weighted by molar-refractivity contribution is 5.78. The lowest BCUT2D eigenvalue weighted by Crippen LogP contribution is -2.37. The minimum absolute atomic E-state index is 0.0882. The van der Waals surface area contributed by atoms with Crippen LogP contribution in [0.2, 0.25) is 0 Å². The summed E-state index contributed by atoms with van der Waals surface area (Å²) in [7, 11) is 0. The van der Waals surface area contributed by atoms with Gasteiger partial charge in [-0.3, -0.25) is 9.78 Å². The zero-order chi connectivity index (χ0) is 14.4. The summed E-state index contributed by atoms with van der Waals surface area (Å²) in [6, 6.07) is 4.20. The van der Waals surface area contributed by atoms with Gasteiger partial charge in [0.1, 0.15) is 6.61 Å². The third-order valence-corrected chi connectivity index (χ3v) is 3.70. The summed E-state index contributed by atoms with van der Waals surface area (Å²) >= 11 is 0. The first kappa shape index (κ1) is 15.0. The van der Waals surface area contributed by atoms with Gasteiger partial charge in [0.2, 0.25) is 5.91 Å². The molecule has 0 unspecified atom stereocenters. The summed E-state index contributed by atoms with van der Waals surface area (Å²) in [4.78, 5) is 18.5. The van der Waals surface area contributed by atoms with Crippen LogP contribution in [-0.2, 0) is 9.53 Å². The van der Waals surface area contributed by atoms with E-state index in [0.717, 1.165) is 19.4 Å². The lowest BCUT2D eigenvalue weighted by Gasteiger charge is -2.30. The smallest absolute Gasteiger partial charge is 0.249 e. The van der Waals surface area contributed by atoms with Crippen LogP contribution >= 0.6 is 0 Å². The van der Waals surface area contributed by atoms with Crippen LogP contribution in [0.25, 0.3) is 0 Å². The van der Waals surface area contributed by atoms with Crippen molar-refractivity contribution >= 4 is 5.91 Å². The minimum atomic E-state index is 0.0882. The topological polar surface area (TPSA) is 42.4 Å². The number of hydrogen-bond donors (Lipinski definition) is 0. The molecule has 2 rings (SSSR count). The molecule has 1 aliphatic rings. The van der Waals surface area contributed by atoms with Crippen molar-refractivity contribution in [2.45, 2.75) is 51.7 Å². The Hall–Kier alpha value is -1.42. The SMILES string of the molecule is CC(C)OCC(=O)N1CCCCC[C@H]1c1ccncc1. The quantitative estimate of drug-likeness (QED) is 0.849. The van der Waals surface area contributed by atoms with Crippen LogP contribution in [0.5, 0.6) is 0 Å². The fraction of sp³-hybridized carbons (Fsp3) is 0.625. The van der Waals surface area contributed by atoms with Gasteiger partial charge in [0, 0.05) is 18.9 Å². The molecule has 4 heteroatoms. The van der Waals surface area contributed by atoms with Crippen LogP contribution in [0.15, 0.2) is 24.5 Å². The summed E-state index contributed by atoms with van der Waals surface area (Å²) in [6.45, 7) is 4.92. The second-order valence-corrected chi connectivity index (χ2v) is 5.59. The predicted molar refractivity (Wildman–Crippen MR) is 78.2 cm³/mol. The molecule has 20 heavy (non-hydrogen) atoms. The van der Waals surface area contributed by atoms with Crippen molar-refractivity contribution in [3.8, 4) is 0 Å². The second-order valence-electron chi connectivity index (χ2n) is 5.59. The van der Waals surface area contributed by atoms with Crippen LogP contribution in [0, 0.1) is 0 Å². The molecular formula is C16H24N2O2. The van der Waals surface area contributed by atoms with Gasteiger partial charge in [0.25, 0.3) is 0 Å². The van der Waals surface area contributed by atoms with Gasteiger partial charge in [0.05, 0.1) is 12.1 Å². The number of hydrogen-bond acceptors (Lipinski definition) is 3. The van der Waals surface area contributed by atoms with Gasteiger partial charge in [-0.05, 0) is 44.4 Å². The number of amides is 1. The molecule has 1 amide bonds. The predicted octanol–water partition coefficient (Wildman–Crippen LogP) is 2.95. The Labute approximate surface area is 121 Å². The zero-order valence-electron chi connectivity index (χ0n) is 12.4. The third-order valence-electron chi connectivity index (χ3n) is 3.70. The van der Waals surface area contributed by atoms with Crippen molar-refractivity contribution < 1.29 is 9.53 Å². The first-order valence-corrected chi connectivity index (χ1v) is 7.49. The normalized spacial score (nSPS) is 19.9. The maximum atomic E-state index is 12.4. The molecule has 0 aliphatic carbocycles. The Morgan fingerprint density at radius 1 is 1.35 bits per heavy atom. The highest BCUT2D eigenvalue weighted by Gasteiger charge is 2.26. The van der Waals surface area contributed by atoms with Gasteiger partial charge in [-0.15, -0.1) is 0 Å². The van der Waals surface area contributed by atoms with Crippen LogP contribution in [0.1, 0.15) is 51.1 Å². The fourth-order valence-electron chi connectivity index (χ4n) is 2.66. The van der Waals surface area contributed by atoms with Crippen LogP contribution in [-0.4, -0.2) is 35.0 Å². The Morgan fingerprint density at radius 3 is 2.80 bits per heavy atom. The molecule has 4 nitrogen and oxygen atoms in total. The third kappa shape index (κ3) is 4.04. The van der Waals surface area contributed by atoms with E-state index in [2.05, 4.69) is 4.98 Å². The minimum Gasteiger partial charge on any atom is -0.369 e. The molecule has 0 bridgehead atoms. The molecule has 1 atom stereocenters. The molecule has 1 aliphatic heterocycles. The van der Waals surface area contributed by atoms with E-state index in [1.54, 1.807) is 12.4 Å². The second kappa shape index (κ2) is 7.39. The monoisotopic (exact) mass is 276 g/mol. The molecule has 0 radical (unpaired) electrons. The molecule has 0 spiro atoms. The maximum absolute atomic E-state index is 12.4. The molecular weight excluding hydrogens is 252 g/mol. The van der Waals surface area contributed by atoms with E-state index in [4.69, 9.17) is 4.74 Å². The van der Waals surface area contributed by atoms with Crippen molar-refractivity contribution in [2.24, 2.45) is 0 Å². The molecule has 0 aromatic carbocycles. The van der Waals surface area contributed by atoms with Gasteiger partial charge >= 0.3 is 0 Å². The molecule has 2 heterocycles. The van der Waals surface area contributed by atoms with E-state index >= 15 is 0 Å². The van der Waals surface area contributed by atoms with E-state index in [9.17, 15) is 4.79 Å². The first-order valence-electron chi connectivity index (χ1n) is 7.49. The number of rotatable bonds is 4. The Bertz CT molecular complexity index is 420. The molecule has 1 aromatic heterocycles. The molecule has 1 fully saturated rings. The van der Waals surface area contributed by atoms with Gasteiger partial charge in [-0.1, -0.05) is 12.8 Å². The summed E-state index contributed by atoms with van der Waals surface area (Å²) in [6.07, 6.45) is 8.15. The molecule has 1 saturated heterocycles. The van der Waals surface area contributed by atoms with Crippen molar-refractivity contribution in [1.29, 1.82) is 0 Å². The first-order chi connectivity index (χ1) is 9.68. The van der Waals surface area contributed by atoms with Gasteiger partial charge in [-0.25, -0.2) is 0 Å². The largest absolute Gasteiger partial charge is 0.369 e. The Morgan fingerprint density at radius 2 is 2.10 bits per heavy atom. The van der Waals surface area contributed by atoms with E-state index in [-0.39, 0.29) is 24.7 Å². The highest BCUT2D eigenvalue weighted by Crippen LogP contribution is 2.29. The zero-order valence-corrected chi connectivity index (χ0v) is 12.4. The number of ether oxygens (including phenoxy) is 1. The van der Waals surface area contributed by atoms with Crippen LogP contribution in [0.4, 0.5) is 0 Å². The molecule has 0 saturated carbocycles. The number of pyridine rings is 1. The average molecular weight is 276 g/mol. The summed E-state index contributed by atoms with van der Waals surface area (Å²) in [5.41, 5.74) is 1.18. The molecule has 110 valence electrons. The van der Waals surface area contributed by atoms with Gasteiger partial charge in [-0.2, -0.15) is 0 Å². The van der Waals surface area contributed by atoms with E-state index < -0.39 is 0 Å². The Kier molecular flexibility index (Phi) is 5.53. The number of likely N-dealkylation sites (tertiary alicyclic amines) is 1. The summed E-state index contributed by atoms with van der Waals surface area (Å²) in [5, 5.41) is 0. The lowest BCUT2D eigenvalue weighted by atomic mass is 10.0. The van der Waals surface area contributed by atoms with Gasteiger partial charge in [0.15, 0.2) is 0 Å². The molecule has 0 N–H and O–H groups in total. The van der Waals surface area contributed by atoms with Crippen molar-refractivity contribution in [1.82, 2.24) is 9.88 Å². The number of aromatic nitrogens is 1. The van der Waals surface area contributed by atoms with E-state index in [1.165, 1.54) is 18.4 Å². The van der Waals surface area contributed by atoms with Crippen LogP contribution in [0.3, 0.4) is 0 Å². The van der Waals surface area contributed by atoms with Crippen molar-refractivity contribution in [2.75, 3.05) is 13.2 Å². The Balaban J connectivity index is 2.11. The van der Waals surface area contributed by atoms with Gasteiger partial charge < -0.3 is 9.64 Å². The highest BCUT2D eigenvalue weighted by atomic mass is 16.5. The number of nitrogens with zero attached hydrogens (tertiary/aromatic N) is 2. The van der Waals surface area contributed by atoms with Crippen LogP contribution < -0.4 is 0 Å². The summed E-state index contributed by atoms with van der Waals surface area (Å²) < 4.78 is 5.48. The summed E-state index contributed by atoms with van der Waals surface area (Å²) in [5.74, 6) is 0.0995. The fourth-order valence-corrected chi connectivity index (χ4v) is 2.66. The molecule has 1 aromatic rings. The number of carbonyl (C=O) groups excluding carboxylic acids is 1. The van der Waals surface area contributed by atoms with E-state index in [1.807, 2.05) is 30.9 Å². The maximum Gasteiger partial charge on any atom is 0.249 e. The lowest BCUT2D eigenvalue weighted by molar-refractivity contribution is -0.140. The van der Waals surface area contributed by atoms with Crippen molar-refractivity contribution in [3.05, 3.63) is 30.1 Å². The van der Waals surface area contributed by atoms with E-state index in [0.29, 0.717) is 0 Å². The number of carbonyl (C=O) groups is 1. The average Bonchev–Trinajstić information content (AvgIpc) is 2.71. The standard InChI is InChI=1S/C16H24N2O2/c1-13(2)20-12-16(19)18-11-5-3-4-6-15(18)14-7-9-17-10-8-14/h7-10,13,15H,3-6,11-12H2,1-2H3/t15-/m0/s1. The van der Waals surface area contributed by atoms with Crippen molar-refractivity contribution in [3.63, 3.8) is 0 Å².